The standard InChI is InChI=1S/C13H17N5O3S/c1-8-11-5-10(6-14-12(11)18(2)17-8)16-13(19)15-9-3-4-22(20,21)7-9/h5-6,9H,3-4,7H2,1-2H3,(H2,15,16,19). The predicted molar refractivity (Wildman–Crippen MR) is 82.5 cm³/mol. The van der Waals surface area contributed by atoms with E-state index in [2.05, 4.69) is 20.7 Å². The number of hydrogen-bond donors (Lipinski definition) is 2. The number of amides is 2. The van der Waals surface area contributed by atoms with Gasteiger partial charge >= 0.3 is 6.03 Å². The molecular weight excluding hydrogens is 306 g/mol. The highest BCUT2D eigenvalue weighted by Gasteiger charge is 2.28. The molecule has 22 heavy (non-hydrogen) atoms. The highest BCUT2D eigenvalue weighted by Crippen LogP contribution is 2.19. The van der Waals surface area contributed by atoms with Crippen molar-refractivity contribution in [2.45, 2.75) is 19.4 Å². The number of sulfone groups is 1. The number of aryl methyl sites for hydroxylation is 2. The molecule has 3 heterocycles. The van der Waals surface area contributed by atoms with Gasteiger partial charge in [-0.05, 0) is 19.4 Å². The van der Waals surface area contributed by atoms with Crippen molar-refractivity contribution in [2.24, 2.45) is 7.05 Å². The average Bonchev–Trinajstić information content (AvgIpc) is 2.90. The van der Waals surface area contributed by atoms with Crippen LogP contribution in [0.25, 0.3) is 11.0 Å². The summed E-state index contributed by atoms with van der Waals surface area (Å²) < 4.78 is 24.4. The van der Waals surface area contributed by atoms with Gasteiger partial charge in [-0.2, -0.15) is 5.10 Å². The Hall–Kier alpha value is -2.16. The molecule has 0 radical (unpaired) electrons. The third kappa shape index (κ3) is 2.89. The summed E-state index contributed by atoms with van der Waals surface area (Å²) in [7, 11) is -1.20. The van der Waals surface area contributed by atoms with Crippen molar-refractivity contribution in [3.05, 3.63) is 18.0 Å². The van der Waals surface area contributed by atoms with Gasteiger partial charge in [0, 0.05) is 18.5 Å². The Morgan fingerprint density at radius 3 is 2.91 bits per heavy atom. The Morgan fingerprint density at radius 1 is 1.45 bits per heavy atom. The predicted octanol–water partition coefficient (Wildman–Crippen LogP) is 0.585. The van der Waals surface area contributed by atoms with Crippen molar-refractivity contribution in [3.63, 3.8) is 0 Å². The van der Waals surface area contributed by atoms with Crippen LogP contribution in [0, 0.1) is 6.92 Å². The number of hydrogen-bond acceptors (Lipinski definition) is 5. The normalized spacial score (nSPS) is 20.2. The average molecular weight is 323 g/mol. The van der Waals surface area contributed by atoms with Crippen LogP contribution in [0.15, 0.2) is 12.3 Å². The van der Waals surface area contributed by atoms with Crippen molar-refractivity contribution in [2.75, 3.05) is 16.8 Å². The van der Waals surface area contributed by atoms with Crippen LogP contribution in [0.4, 0.5) is 10.5 Å². The van der Waals surface area contributed by atoms with Gasteiger partial charge < -0.3 is 10.6 Å². The number of carbonyl (C=O) groups excluding carboxylic acids is 1. The van der Waals surface area contributed by atoms with E-state index in [1.54, 1.807) is 16.9 Å². The Balaban J connectivity index is 1.70. The first kappa shape index (κ1) is 14.8. The first-order valence-electron chi connectivity index (χ1n) is 6.91. The molecule has 2 N–H and O–H groups in total. The number of nitrogens with zero attached hydrogens (tertiary/aromatic N) is 3. The second-order valence-electron chi connectivity index (χ2n) is 5.50. The van der Waals surface area contributed by atoms with Gasteiger partial charge in [-0.25, -0.2) is 18.2 Å². The summed E-state index contributed by atoms with van der Waals surface area (Å²) in [5, 5.41) is 10.5. The number of carbonyl (C=O) groups is 1. The number of aromatic nitrogens is 3. The molecule has 118 valence electrons. The van der Waals surface area contributed by atoms with Gasteiger partial charge in [0.15, 0.2) is 15.5 Å². The van der Waals surface area contributed by atoms with Crippen LogP contribution in [-0.4, -0.2) is 46.8 Å². The maximum absolute atomic E-state index is 11.9. The highest BCUT2D eigenvalue weighted by molar-refractivity contribution is 7.91. The number of anilines is 1. The van der Waals surface area contributed by atoms with Crippen molar-refractivity contribution < 1.29 is 13.2 Å². The lowest BCUT2D eigenvalue weighted by Gasteiger charge is -2.12. The van der Waals surface area contributed by atoms with E-state index in [9.17, 15) is 13.2 Å². The molecule has 2 aromatic heterocycles. The molecule has 1 aliphatic rings. The summed E-state index contributed by atoms with van der Waals surface area (Å²) in [4.78, 5) is 16.2. The Labute approximate surface area is 127 Å². The molecule has 9 heteroatoms. The number of fused-ring (bicyclic) bond motifs is 1. The minimum Gasteiger partial charge on any atom is -0.334 e. The smallest absolute Gasteiger partial charge is 0.319 e. The maximum Gasteiger partial charge on any atom is 0.319 e. The zero-order valence-corrected chi connectivity index (χ0v) is 13.1. The van der Waals surface area contributed by atoms with E-state index in [0.29, 0.717) is 12.1 Å². The molecule has 0 spiro atoms. The van der Waals surface area contributed by atoms with Gasteiger partial charge in [0.1, 0.15) is 0 Å². The number of pyridine rings is 1. The van der Waals surface area contributed by atoms with E-state index >= 15 is 0 Å². The Bertz CT molecular complexity index is 843. The van der Waals surface area contributed by atoms with Crippen molar-refractivity contribution in [1.29, 1.82) is 0 Å². The molecule has 1 atom stereocenters. The molecule has 2 aromatic rings. The van der Waals surface area contributed by atoms with Gasteiger partial charge in [0.05, 0.1) is 29.1 Å². The summed E-state index contributed by atoms with van der Waals surface area (Å²) in [6.07, 6.45) is 2.00. The van der Waals surface area contributed by atoms with E-state index in [0.717, 1.165) is 16.7 Å². The van der Waals surface area contributed by atoms with Gasteiger partial charge in [0.2, 0.25) is 0 Å². The summed E-state index contributed by atoms with van der Waals surface area (Å²) in [6.45, 7) is 1.87. The van der Waals surface area contributed by atoms with E-state index in [1.165, 1.54) is 0 Å². The summed E-state index contributed by atoms with van der Waals surface area (Å²) >= 11 is 0. The molecule has 0 saturated carbocycles. The van der Waals surface area contributed by atoms with Crippen LogP contribution in [0.1, 0.15) is 12.1 Å². The zero-order chi connectivity index (χ0) is 15.9. The van der Waals surface area contributed by atoms with Crippen LogP contribution >= 0.6 is 0 Å². The third-order valence-electron chi connectivity index (χ3n) is 3.69. The van der Waals surface area contributed by atoms with Crippen LogP contribution in [0.5, 0.6) is 0 Å². The van der Waals surface area contributed by atoms with Gasteiger partial charge in [-0.3, -0.25) is 4.68 Å². The van der Waals surface area contributed by atoms with Crippen LogP contribution in [0.3, 0.4) is 0 Å². The molecule has 1 unspecified atom stereocenters. The Kier molecular flexibility index (Phi) is 3.51. The van der Waals surface area contributed by atoms with Gasteiger partial charge in [-0.1, -0.05) is 0 Å². The molecule has 3 rings (SSSR count). The second-order valence-corrected chi connectivity index (χ2v) is 7.73. The van der Waals surface area contributed by atoms with Gasteiger partial charge in [-0.15, -0.1) is 0 Å². The number of nitrogens with one attached hydrogen (secondary N) is 2. The summed E-state index contributed by atoms with van der Waals surface area (Å²) in [6, 6.07) is 1.04. The minimum atomic E-state index is -3.01. The third-order valence-corrected chi connectivity index (χ3v) is 5.46. The SMILES string of the molecule is Cc1nn(C)c2ncc(NC(=O)NC3CCS(=O)(=O)C3)cc12. The van der Waals surface area contributed by atoms with E-state index < -0.39 is 15.9 Å². The van der Waals surface area contributed by atoms with Crippen molar-refractivity contribution in [1.82, 2.24) is 20.1 Å². The molecule has 0 bridgehead atoms. The van der Waals surface area contributed by atoms with E-state index in [-0.39, 0.29) is 17.5 Å². The fraction of sp³-hybridized carbons (Fsp3) is 0.462. The number of rotatable bonds is 2. The molecular formula is C13H17N5O3S. The molecule has 1 saturated heterocycles. The molecule has 2 amide bonds. The monoisotopic (exact) mass is 323 g/mol. The largest absolute Gasteiger partial charge is 0.334 e. The van der Waals surface area contributed by atoms with Crippen molar-refractivity contribution >= 4 is 32.6 Å². The molecule has 0 aromatic carbocycles. The van der Waals surface area contributed by atoms with Crippen molar-refractivity contribution in [3.8, 4) is 0 Å². The molecule has 1 fully saturated rings. The topological polar surface area (TPSA) is 106 Å². The van der Waals surface area contributed by atoms with Crippen LogP contribution in [-0.2, 0) is 16.9 Å². The lowest BCUT2D eigenvalue weighted by Crippen LogP contribution is -2.38. The van der Waals surface area contributed by atoms with E-state index in [4.69, 9.17) is 0 Å². The minimum absolute atomic E-state index is 0.000577. The lowest BCUT2D eigenvalue weighted by molar-refractivity contribution is 0.249. The summed E-state index contributed by atoms with van der Waals surface area (Å²) in [5.74, 6) is 0.125. The highest BCUT2D eigenvalue weighted by atomic mass is 32.2. The van der Waals surface area contributed by atoms with E-state index in [1.807, 2.05) is 14.0 Å². The zero-order valence-electron chi connectivity index (χ0n) is 12.3. The molecule has 1 aliphatic heterocycles. The fourth-order valence-electron chi connectivity index (χ4n) is 2.64. The fourth-order valence-corrected chi connectivity index (χ4v) is 4.31. The van der Waals surface area contributed by atoms with Crippen LogP contribution in [0.2, 0.25) is 0 Å². The first-order chi connectivity index (χ1) is 10.3. The number of urea groups is 1. The Morgan fingerprint density at radius 2 is 2.23 bits per heavy atom. The first-order valence-corrected chi connectivity index (χ1v) is 8.73. The van der Waals surface area contributed by atoms with Gasteiger partial charge in [0.25, 0.3) is 0 Å². The van der Waals surface area contributed by atoms with Crippen LogP contribution < -0.4 is 10.6 Å². The summed E-state index contributed by atoms with van der Waals surface area (Å²) in [5.41, 5.74) is 2.11. The molecule has 0 aliphatic carbocycles. The quantitative estimate of drug-likeness (QED) is 0.841. The second kappa shape index (κ2) is 5.24. The maximum atomic E-state index is 11.9. The lowest BCUT2D eigenvalue weighted by atomic mass is 10.2. The molecule has 8 nitrogen and oxygen atoms in total.